The molecule has 1 aromatic carbocycles. The predicted octanol–water partition coefficient (Wildman–Crippen LogP) is 3.09. The van der Waals surface area contributed by atoms with Crippen LogP contribution in [0.4, 0.5) is 10.1 Å². The summed E-state index contributed by atoms with van der Waals surface area (Å²) in [7, 11) is 0. The lowest BCUT2D eigenvalue weighted by Crippen LogP contribution is -2.49. The van der Waals surface area contributed by atoms with Gasteiger partial charge in [-0.3, -0.25) is 4.79 Å². The summed E-state index contributed by atoms with van der Waals surface area (Å²) in [5, 5.41) is 0.586. The molecule has 0 N–H and O–H groups in total. The van der Waals surface area contributed by atoms with Gasteiger partial charge in [-0.2, -0.15) is 0 Å². The molecule has 0 spiro atoms. The fourth-order valence-electron chi connectivity index (χ4n) is 3.09. The molecular formula is C18H16ClFN4O. The van der Waals surface area contributed by atoms with Crippen LogP contribution < -0.4 is 4.90 Å². The number of aromatic nitrogens is 2. The Bertz CT molecular complexity index is 934. The van der Waals surface area contributed by atoms with Gasteiger partial charge in [0.25, 0.3) is 5.91 Å². The molecule has 3 aromatic rings. The fourth-order valence-corrected chi connectivity index (χ4v) is 3.26. The molecule has 25 heavy (non-hydrogen) atoms. The van der Waals surface area contributed by atoms with E-state index in [2.05, 4.69) is 4.98 Å². The highest BCUT2D eigenvalue weighted by atomic mass is 35.5. The lowest BCUT2D eigenvalue weighted by Gasteiger charge is -2.35. The molecule has 3 heterocycles. The number of nitrogens with zero attached hydrogens (tertiary/aromatic N) is 4. The zero-order chi connectivity index (χ0) is 17.4. The van der Waals surface area contributed by atoms with Gasteiger partial charge in [-0.15, -0.1) is 0 Å². The lowest BCUT2D eigenvalue weighted by molar-refractivity contribution is 0.0741. The highest BCUT2D eigenvalue weighted by Crippen LogP contribution is 2.21. The molecule has 0 aliphatic carbocycles. The second-order valence-corrected chi connectivity index (χ2v) is 6.41. The minimum absolute atomic E-state index is 0.118. The van der Waals surface area contributed by atoms with Crippen molar-refractivity contribution in [3.63, 3.8) is 0 Å². The van der Waals surface area contributed by atoms with E-state index in [4.69, 9.17) is 11.6 Å². The summed E-state index contributed by atoms with van der Waals surface area (Å²) >= 11 is 5.96. The molecule has 1 fully saturated rings. The van der Waals surface area contributed by atoms with Gasteiger partial charge in [-0.05, 0) is 24.3 Å². The van der Waals surface area contributed by atoms with Gasteiger partial charge in [-0.25, -0.2) is 9.37 Å². The fraction of sp³-hybridized carbons (Fsp3) is 0.222. The van der Waals surface area contributed by atoms with E-state index in [-0.39, 0.29) is 11.7 Å². The maximum atomic E-state index is 13.9. The molecule has 1 aliphatic rings. The van der Waals surface area contributed by atoms with Crippen LogP contribution in [0.1, 0.15) is 10.5 Å². The molecule has 0 bridgehead atoms. The average molecular weight is 359 g/mol. The van der Waals surface area contributed by atoms with E-state index in [1.807, 2.05) is 11.0 Å². The SMILES string of the molecule is O=C(c1cn2cc(Cl)ccc2n1)N1CCN(c2ccccc2F)CC1. The smallest absolute Gasteiger partial charge is 0.274 e. The van der Waals surface area contributed by atoms with E-state index in [1.54, 1.807) is 46.0 Å². The molecule has 0 atom stereocenters. The molecule has 0 unspecified atom stereocenters. The Balaban J connectivity index is 1.48. The van der Waals surface area contributed by atoms with Gasteiger partial charge in [0.15, 0.2) is 0 Å². The monoisotopic (exact) mass is 358 g/mol. The van der Waals surface area contributed by atoms with Crippen molar-refractivity contribution in [2.45, 2.75) is 0 Å². The largest absolute Gasteiger partial charge is 0.366 e. The Morgan fingerprint density at radius 3 is 2.56 bits per heavy atom. The van der Waals surface area contributed by atoms with Crippen molar-refractivity contribution in [2.24, 2.45) is 0 Å². The van der Waals surface area contributed by atoms with Crippen molar-refractivity contribution in [3.8, 4) is 0 Å². The van der Waals surface area contributed by atoms with E-state index < -0.39 is 0 Å². The number of halogens is 2. The third-order valence-electron chi connectivity index (χ3n) is 4.39. The second-order valence-electron chi connectivity index (χ2n) is 5.97. The first-order valence-electron chi connectivity index (χ1n) is 8.05. The van der Waals surface area contributed by atoms with Gasteiger partial charge >= 0.3 is 0 Å². The molecule has 2 aromatic heterocycles. The molecule has 5 nitrogen and oxygen atoms in total. The van der Waals surface area contributed by atoms with Gasteiger partial charge in [0, 0.05) is 38.6 Å². The van der Waals surface area contributed by atoms with Gasteiger partial charge in [0.1, 0.15) is 17.2 Å². The van der Waals surface area contributed by atoms with Crippen molar-refractivity contribution < 1.29 is 9.18 Å². The van der Waals surface area contributed by atoms with Crippen LogP contribution in [0.5, 0.6) is 0 Å². The minimum atomic E-state index is -0.237. The Hall–Kier alpha value is -2.60. The van der Waals surface area contributed by atoms with Crippen LogP contribution in [-0.2, 0) is 0 Å². The van der Waals surface area contributed by atoms with Crippen molar-refractivity contribution in [3.05, 3.63) is 65.3 Å². The summed E-state index contributed by atoms with van der Waals surface area (Å²) in [6.45, 7) is 2.24. The van der Waals surface area contributed by atoms with E-state index >= 15 is 0 Å². The molecular weight excluding hydrogens is 343 g/mol. The van der Waals surface area contributed by atoms with Crippen LogP contribution >= 0.6 is 11.6 Å². The van der Waals surface area contributed by atoms with Crippen molar-refractivity contribution in [1.82, 2.24) is 14.3 Å². The topological polar surface area (TPSA) is 40.9 Å². The number of anilines is 1. The number of piperazine rings is 1. The quantitative estimate of drug-likeness (QED) is 0.707. The first-order chi connectivity index (χ1) is 12.1. The highest BCUT2D eigenvalue weighted by Gasteiger charge is 2.25. The summed E-state index contributed by atoms with van der Waals surface area (Å²) in [5.41, 5.74) is 1.65. The standard InChI is InChI=1S/C18H16ClFN4O/c19-13-5-6-17-21-15(12-24(17)11-13)18(25)23-9-7-22(8-10-23)16-4-2-1-3-14(16)20/h1-6,11-12H,7-10H2. The van der Waals surface area contributed by atoms with Gasteiger partial charge in [0.05, 0.1) is 10.7 Å². The van der Waals surface area contributed by atoms with Gasteiger partial charge < -0.3 is 14.2 Å². The number of amides is 1. The highest BCUT2D eigenvalue weighted by molar-refractivity contribution is 6.30. The van der Waals surface area contributed by atoms with Crippen LogP contribution in [0.3, 0.4) is 0 Å². The number of benzene rings is 1. The number of hydrogen-bond acceptors (Lipinski definition) is 3. The van der Waals surface area contributed by atoms with Crippen LogP contribution in [0.25, 0.3) is 5.65 Å². The van der Waals surface area contributed by atoms with E-state index in [9.17, 15) is 9.18 Å². The van der Waals surface area contributed by atoms with Crippen molar-refractivity contribution in [2.75, 3.05) is 31.1 Å². The molecule has 128 valence electrons. The third-order valence-corrected chi connectivity index (χ3v) is 4.62. The normalized spacial score (nSPS) is 15.0. The summed E-state index contributed by atoms with van der Waals surface area (Å²) in [6.07, 6.45) is 3.41. The van der Waals surface area contributed by atoms with Gasteiger partial charge in [-0.1, -0.05) is 23.7 Å². The number of hydrogen-bond donors (Lipinski definition) is 0. The number of para-hydroxylation sites is 1. The lowest BCUT2D eigenvalue weighted by atomic mass is 10.2. The Kier molecular flexibility index (Phi) is 4.05. The number of fused-ring (bicyclic) bond motifs is 1. The molecule has 4 rings (SSSR count). The maximum Gasteiger partial charge on any atom is 0.274 e. The number of carbonyl (C=O) groups excluding carboxylic acids is 1. The summed E-state index contributed by atoms with van der Waals surface area (Å²) in [5.74, 6) is -0.354. The van der Waals surface area contributed by atoms with Crippen LogP contribution in [0, 0.1) is 5.82 Å². The Morgan fingerprint density at radius 1 is 1.04 bits per heavy atom. The number of carbonyl (C=O) groups is 1. The van der Waals surface area contributed by atoms with Crippen LogP contribution in [-0.4, -0.2) is 46.4 Å². The number of pyridine rings is 1. The van der Waals surface area contributed by atoms with E-state index in [0.717, 1.165) is 0 Å². The molecule has 1 aliphatic heterocycles. The third kappa shape index (κ3) is 3.05. The van der Waals surface area contributed by atoms with Crippen LogP contribution in [0.15, 0.2) is 48.8 Å². The summed E-state index contributed by atoms with van der Waals surface area (Å²) in [4.78, 5) is 20.8. The van der Waals surface area contributed by atoms with E-state index in [0.29, 0.717) is 48.2 Å². The van der Waals surface area contributed by atoms with Crippen LogP contribution in [0.2, 0.25) is 5.02 Å². The molecule has 1 saturated heterocycles. The second kappa shape index (κ2) is 6.37. The average Bonchev–Trinajstić information content (AvgIpc) is 3.05. The number of rotatable bonds is 2. The summed E-state index contributed by atoms with van der Waals surface area (Å²) < 4.78 is 15.6. The minimum Gasteiger partial charge on any atom is -0.366 e. The number of imidazole rings is 1. The molecule has 0 saturated carbocycles. The Morgan fingerprint density at radius 2 is 1.80 bits per heavy atom. The molecule has 1 amide bonds. The van der Waals surface area contributed by atoms with Gasteiger partial charge in [0.2, 0.25) is 0 Å². The van der Waals surface area contributed by atoms with Crippen molar-refractivity contribution in [1.29, 1.82) is 0 Å². The summed E-state index contributed by atoms with van der Waals surface area (Å²) in [6, 6.07) is 10.2. The Labute approximate surface area is 149 Å². The molecule has 7 heteroatoms. The molecule has 0 radical (unpaired) electrons. The van der Waals surface area contributed by atoms with Crippen molar-refractivity contribution >= 4 is 28.8 Å². The first-order valence-corrected chi connectivity index (χ1v) is 8.42. The first kappa shape index (κ1) is 15.9. The zero-order valence-electron chi connectivity index (χ0n) is 13.4. The zero-order valence-corrected chi connectivity index (χ0v) is 14.2. The predicted molar refractivity (Wildman–Crippen MR) is 94.7 cm³/mol. The van der Waals surface area contributed by atoms with E-state index in [1.165, 1.54) is 6.07 Å². The maximum absolute atomic E-state index is 13.9.